The minimum Gasteiger partial charge on any atom is -0.465 e. The number of rotatable bonds is 3. The van der Waals surface area contributed by atoms with E-state index in [0.29, 0.717) is 11.1 Å². The van der Waals surface area contributed by atoms with Gasteiger partial charge in [0.2, 0.25) is 0 Å². The third-order valence-electron chi connectivity index (χ3n) is 1.81. The summed E-state index contributed by atoms with van der Waals surface area (Å²) in [5, 5.41) is 0. The molecular weight excluding hydrogens is 208 g/mol. The second kappa shape index (κ2) is 5.11. The van der Waals surface area contributed by atoms with E-state index in [0.717, 1.165) is 0 Å². The number of esters is 2. The molecule has 0 aliphatic carbocycles. The van der Waals surface area contributed by atoms with Crippen molar-refractivity contribution in [1.29, 1.82) is 0 Å². The number of methoxy groups -OCH3 is 1. The van der Waals surface area contributed by atoms with E-state index in [1.807, 2.05) is 0 Å². The first-order chi connectivity index (χ1) is 7.54. The molecule has 0 aliphatic heterocycles. The Morgan fingerprint density at radius 1 is 1.31 bits per heavy atom. The van der Waals surface area contributed by atoms with Gasteiger partial charge in [-0.2, -0.15) is 0 Å². The van der Waals surface area contributed by atoms with Gasteiger partial charge in [0, 0.05) is 5.57 Å². The molecule has 0 N–H and O–H groups in total. The fourth-order valence-corrected chi connectivity index (χ4v) is 0.999. The molecule has 0 aliphatic rings. The van der Waals surface area contributed by atoms with E-state index < -0.39 is 11.9 Å². The molecule has 0 fully saturated rings. The highest BCUT2D eigenvalue weighted by molar-refractivity contribution is 5.91. The topological polar surface area (TPSA) is 52.6 Å². The van der Waals surface area contributed by atoms with Crippen molar-refractivity contribution in [3.8, 4) is 5.75 Å². The summed E-state index contributed by atoms with van der Waals surface area (Å²) >= 11 is 0. The molecule has 16 heavy (non-hydrogen) atoms. The standard InChI is InChI=1S/C12H12O4/c1-8(2)11(13)16-10-6-4-5-9(7-10)12(14)15-3/h4-7H,1H2,2-3H3. The van der Waals surface area contributed by atoms with Crippen LogP contribution in [0.2, 0.25) is 0 Å². The van der Waals surface area contributed by atoms with E-state index in [9.17, 15) is 9.59 Å². The molecule has 0 heterocycles. The zero-order valence-electron chi connectivity index (χ0n) is 9.15. The average molecular weight is 220 g/mol. The Hall–Kier alpha value is -2.10. The number of carbonyl (C=O) groups is 2. The van der Waals surface area contributed by atoms with Crippen LogP contribution in [0.25, 0.3) is 0 Å². The van der Waals surface area contributed by atoms with Crippen LogP contribution in [-0.4, -0.2) is 19.0 Å². The highest BCUT2D eigenvalue weighted by Gasteiger charge is 2.09. The highest BCUT2D eigenvalue weighted by Crippen LogP contribution is 2.15. The summed E-state index contributed by atoms with van der Waals surface area (Å²) in [6, 6.07) is 6.19. The van der Waals surface area contributed by atoms with Crippen molar-refractivity contribution in [2.24, 2.45) is 0 Å². The normalized spacial score (nSPS) is 9.38. The van der Waals surface area contributed by atoms with Crippen molar-refractivity contribution in [3.05, 3.63) is 42.0 Å². The molecule has 4 heteroatoms. The zero-order chi connectivity index (χ0) is 12.1. The lowest BCUT2D eigenvalue weighted by Crippen LogP contribution is -2.09. The lowest BCUT2D eigenvalue weighted by molar-refractivity contribution is -0.130. The fourth-order valence-electron chi connectivity index (χ4n) is 0.999. The van der Waals surface area contributed by atoms with Gasteiger partial charge in [-0.3, -0.25) is 0 Å². The molecule has 4 nitrogen and oxygen atoms in total. The summed E-state index contributed by atoms with van der Waals surface area (Å²) in [6.45, 7) is 5.01. The summed E-state index contributed by atoms with van der Waals surface area (Å²) in [5.74, 6) is -0.717. The van der Waals surface area contributed by atoms with Crippen molar-refractivity contribution in [3.63, 3.8) is 0 Å². The molecule has 0 radical (unpaired) electrons. The van der Waals surface area contributed by atoms with E-state index in [1.165, 1.54) is 13.2 Å². The molecule has 84 valence electrons. The molecule has 0 saturated carbocycles. The van der Waals surface area contributed by atoms with Crippen molar-refractivity contribution in [2.45, 2.75) is 6.92 Å². The van der Waals surface area contributed by atoms with Crippen LogP contribution in [0.4, 0.5) is 0 Å². The summed E-state index contributed by atoms with van der Waals surface area (Å²) in [4.78, 5) is 22.4. The van der Waals surface area contributed by atoms with Crippen LogP contribution in [0.3, 0.4) is 0 Å². The lowest BCUT2D eigenvalue weighted by Gasteiger charge is -2.05. The predicted molar refractivity (Wildman–Crippen MR) is 58.2 cm³/mol. The van der Waals surface area contributed by atoms with Crippen LogP contribution < -0.4 is 4.74 Å². The van der Waals surface area contributed by atoms with Gasteiger partial charge in [0.25, 0.3) is 0 Å². The van der Waals surface area contributed by atoms with Gasteiger partial charge < -0.3 is 9.47 Å². The Morgan fingerprint density at radius 2 is 2.00 bits per heavy atom. The summed E-state index contributed by atoms with van der Waals surface area (Å²) < 4.78 is 9.51. The zero-order valence-corrected chi connectivity index (χ0v) is 9.15. The number of carbonyl (C=O) groups excluding carboxylic acids is 2. The second-order valence-corrected chi connectivity index (χ2v) is 3.19. The largest absolute Gasteiger partial charge is 0.465 e. The molecule has 0 amide bonds. The Labute approximate surface area is 93.5 Å². The first-order valence-electron chi connectivity index (χ1n) is 4.60. The monoisotopic (exact) mass is 220 g/mol. The van der Waals surface area contributed by atoms with Crippen LogP contribution in [0.15, 0.2) is 36.4 Å². The van der Waals surface area contributed by atoms with Crippen LogP contribution in [0.1, 0.15) is 17.3 Å². The van der Waals surface area contributed by atoms with Gasteiger partial charge in [-0.25, -0.2) is 9.59 Å². The Bertz CT molecular complexity index is 434. The van der Waals surface area contributed by atoms with Crippen molar-refractivity contribution in [2.75, 3.05) is 7.11 Å². The Kier molecular flexibility index (Phi) is 3.83. The van der Waals surface area contributed by atoms with Crippen LogP contribution >= 0.6 is 0 Å². The lowest BCUT2D eigenvalue weighted by atomic mass is 10.2. The molecule has 1 aromatic carbocycles. The third-order valence-corrected chi connectivity index (χ3v) is 1.81. The molecule has 0 atom stereocenters. The molecule has 1 rings (SSSR count). The first kappa shape index (κ1) is 12.0. The molecule has 0 saturated heterocycles. The quantitative estimate of drug-likeness (QED) is 0.444. The molecule has 0 aromatic heterocycles. The third kappa shape index (κ3) is 2.95. The van der Waals surface area contributed by atoms with Gasteiger partial charge in [-0.1, -0.05) is 12.6 Å². The first-order valence-corrected chi connectivity index (χ1v) is 4.60. The molecule has 0 spiro atoms. The van der Waals surface area contributed by atoms with E-state index in [1.54, 1.807) is 25.1 Å². The van der Waals surface area contributed by atoms with Crippen LogP contribution in [0, 0.1) is 0 Å². The predicted octanol–water partition coefficient (Wildman–Crippen LogP) is 1.95. The van der Waals surface area contributed by atoms with Crippen molar-refractivity contribution in [1.82, 2.24) is 0 Å². The fraction of sp³-hybridized carbons (Fsp3) is 0.167. The maximum atomic E-state index is 11.2. The summed E-state index contributed by atoms with van der Waals surface area (Å²) in [5.41, 5.74) is 0.623. The van der Waals surface area contributed by atoms with Crippen LogP contribution in [-0.2, 0) is 9.53 Å². The maximum absolute atomic E-state index is 11.2. The van der Waals surface area contributed by atoms with Gasteiger partial charge in [0.1, 0.15) is 5.75 Å². The van der Waals surface area contributed by atoms with Gasteiger partial charge in [-0.15, -0.1) is 0 Å². The van der Waals surface area contributed by atoms with E-state index >= 15 is 0 Å². The minimum atomic E-state index is -0.526. The van der Waals surface area contributed by atoms with E-state index in [4.69, 9.17) is 4.74 Å². The van der Waals surface area contributed by atoms with E-state index in [-0.39, 0.29) is 5.75 Å². The summed E-state index contributed by atoms with van der Waals surface area (Å²) in [7, 11) is 1.29. The second-order valence-electron chi connectivity index (χ2n) is 3.19. The molecule has 0 bridgehead atoms. The average Bonchev–Trinajstić information content (AvgIpc) is 2.28. The van der Waals surface area contributed by atoms with Gasteiger partial charge >= 0.3 is 11.9 Å². The highest BCUT2D eigenvalue weighted by atomic mass is 16.5. The van der Waals surface area contributed by atoms with Gasteiger partial charge in [0.05, 0.1) is 12.7 Å². The van der Waals surface area contributed by atoms with Crippen LogP contribution in [0.5, 0.6) is 5.75 Å². The Morgan fingerprint density at radius 3 is 2.56 bits per heavy atom. The maximum Gasteiger partial charge on any atom is 0.338 e. The van der Waals surface area contributed by atoms with Crippen molar-refractivity contribution < 1.29 is 19.1 Å². The number of ether oxygens (including phenoxy) is 2. The van der Waals surface area contributed by atoms with Crippen molar-refractivity contribution >= 4 is 11.9 Å². The SMILES string of the molecule is C=C(C)C(=O)Oc1cccc(C(=O)OC)c1. The Balaban J connectivity index is 2.87. The molecular formula is C12H12O4. The smallest absolute Gasteiger partial charge is 0.338 e. The summed E-state index contributed by atoms with van der Waals surface area (Å²) in [6.07, 6.45) is 0. The number of hydrogen-bond donors (Lipinski definition) is 0. The van der Waals surface area contributed by atoms with E-state index in [2.05, 4.69) is 11.3 Å². The molecule has 1 aromatic rings. The number of hydrogen-bond acceptors (Lipinski definition) is 4. The van der Waals surface area contributed by atoms with Gasteiger partial charge in [-0.05, 0) is 25.1 Å². The number of benzene rings is 1. The molecule has 0 unspecified atom stereocenters. The van der Waals surface area contributed by atoms with Gasteiger partial charge in [0.15, 0.2) is 0 Å². The minimum absolute atomic E-state index is 0.288.